The summed E-state index contributed by atoms with van der Waals surface area (Å²) in [5, 5.41) is 19.1. The quantitative estimate of drug-likeness (QED) is 0.172. The van der Waals surface area contributed by atoms with Crippen LogP contribution in [0.2, 0.25) is 0 Å². The molecule has 0 bridgehead atoms. The van der Waals surface area contributed by atoms with E-state index in [1.165, 1.54) is 0 Å². The van der Waals surface area contributed by atoms with Crippen LogP contribution in [0.5, 0.6) is 0 Å². The first-order valence-corrected chi connectivity index (χ1v) is 15.4. The third-order valence-corrected chi connectivity index (χ3v) is 7.58. The Balaban J connectivity index is 1.55. The summed E-state index contributed by atoms with van der Waals surface area (Å²) in [7, 11) is 0. The minimum Gasteiger partial charge on any atom is -0.481 e. The maximum absolute atomic E-state index is 14.6. The van der Waals surface area contributed by atoms with Gasteiger partial charge in [0.05, 0.1) is 18.4 Å². The van der Waals surface area contributed by atoms with Crippen molar-refractivity contribution in [2.24, 2.45) is 0 Å². The zero-order valence-electron chi connectivity index (χ0n) is 26.1. The number of carboxylic acid groups (broad SMARTS) is 1. The fourth-order valence-electron chi connectivity index (χ4n) is 5.62. The van der Waals surface area contributed by atoms with Crippen molar-refractivity contribution in [2.45, 2.75) is 89.5 Å². The number of hydrogen-bond donors (Lipinski definition) is 4. The van der Waals surface area contributed by atoms with Crippen molar-refractivity contribution >= 4 is 34.9 Å². The predicted molar refractivity (Wildman–Crippen MR) is 168 cm³/mol. The fourth-order valence-corrected chi connectivity index (χ4v) is 5.62. The lowest BCUT2D eigenvalue weighted by Crippen LogP contribution is -2.48. The summed E-state index contributed by atoms with van der Waals surface area (Å²) in [6.45, 7) is 6.31. The molecular weight excluding hydrogens is 578 g/mol. The summed E-state index contributed by atoms with van der Waals surface area (Å²) in [6, 6.07) is 15.5. The van der Waals surface area contributed by atoms with Gasteiger partial charge >= 0.3 is 18.2 Å². The molecule has 3 unspecified atom stereocenters. The Labute approximate surface area is 263 Å². The Bertz CT molecular complexity index is 1460. The molecule has 0 aliphatic carbocycles. The summed E-state index contributed by atoms with van der Waals surface area (Å²) in [5.74, 6) is -1.48. The minimum atomic E-state index is -0.970. The Kier molecular flexibility index (Phi) is 11.6. The van der Waals surface area contributed by atoms with Gasteiger partial charge in [-0.1, -0.05) is 48.5 Å². The number of furan rings is 1. The summed E-state index contributed by atoms with van der Waals surface area (Å²) >= 11 is 0. The largest absolute Gasteiger partial charge is 0.481 e. The van der Waals surface area contributed by atoms with E-state index in [0.717, 1.165) is 30.3 Å². The van der Waals surface area contributed by atoms with Gasteiger partial charge in [-0.3, -0.25) is 9.59 Å². The summed E-state index contributed by atoms with van der Waals surface area (Å²) in [6.07, 6.45) is 0.846. The molecule has 2 heterocycles. The number of ketones is 1. The molecule has 11 heteroatoms. The number of carbonyl (C=O) groups excluding carboxylic acids is 3. The molecule has 0 saturated carbocycles. The van der Waals surface area contributed by atoms with Crippen LogP contribution < -0.4 is 16.0 Å². The van der Waals surface area contributed by atoms with Crippen LogP contribution in [0.1, 0.15) is 75.7 Å². The summed E-state index contributed by atoms with van der Waals surface area (Å²) < 4.78 is 16.9. The number of rotatable bonds is 14. The van der Waals surface area contributed by atoms with E-state index in [-0.39, 0.29) is 44.2 Å². The first-order valence-electron chi connectivity index (χ1n) is 15.4. The number of fused-ring (bicyclic) bond motifs is 1. The Morgan fingerprint density at radius 2 is 1.78 bits per heavy atom. The van der Waals surface area contributed by atoms with Gasteiger partial charge in [0.25, 0.3) is 0 Å². The van der Waals surface area contributed by atoms with Gasteiger partial charge in [-0.2, -0.15) is 0 Å². The molecule has 1 aromatic heterocycles. The van der Waals surface area contributed by atoms with E-state index < -0.39 is 35.7 Å². The van der Waals surface area contributed by atoms with Gasteiger partial charge in [-0.05, 0) is 64.6 Å². The van der Waals surface area contributed by atoms with Gasteiger partial charge in [0, 0.05) is 30.0 Å². The van der Waals surface area contributed by atoms with Crippen molar-refractivity contribution in [3.8, 4) is 0 Å². The smallest absolute Gasteiger partial charge is 0.408 e. The standard InChI is InChI=1S/C34H43N3O8/c1-34(2,3)45-33(42)37-25(15-10-20-36-32(41)43-21-22-11-5-4-6-12-22)31(40)30(24-14-9-19-35-24)29-23-13-7-8-16-26(23)44-27(29)17-18-28(38)39/h4-8,11-13,16,24-25,30,35H,9-10,14-15,17-21H2,1-3H3,(H,36,41)(H,37,42)(H,38,39). The second-order valence-corrected chi connectivity index (χ2v) is 12.2. The molecular formula is C34H43N3O8. The zero-order valence-corrected chi connectivity index (χ0v) is 26.1. The molecule has 11 nitrogen and oxygen atoms in total. The van der Waals surface area contributed by atoms with Crippen molar-refractivity contribution in [3.05, 3.63) is 71.5 Å². The SMILES string of the molecule is CC(C)(C)OC(=O)NC(CCCNC(=O)OCc1ccccc1)C(=O)C(c1c(CCC(=O)O)oc2ccccc12)C1CCCN1. The Hall–Kier alpha value is -4.38. The lowest BCUT2D eigenvalue weighted by atomic mass is 9.81. The van der Waals surface area contributed by atoms with Crippen molar-refractivity contribution in [1.29, 1.82) is 0 Å². The average molecular weight is 622 g/mol. The number of Topliss-reactive ketones (excluding diaryl/α,β-unsaturated/α-hetero) is 1. The normalized spacial score (nSPS) is 16.1. The number of para-hydroxylation sites is 1. The number of hydrogen-bond acceptors (Lipinski definition) is 8. The molecule has 4 N–H and O–H groups in total. The van der Waals surface area contributed by atoms with Crippen LogP contribution in [0.3, 0.4) is 0 Å². The first kappa shape index (κ1) is 33.5. The topological polar surface area (TPSA) is 156 Å². The number of benzene rings is 2. The molecule has 2 amide bonds. The van der Waals surface area contributed by atoms with Gasteiger partial charge in [-0.25, -0.2) is 9.59 Å². The highest BCUT2D eigenvalue weighted by atomic mass is 16.6. The molecule has 242 valence electrons. The first-order chi connectivity index (χ1) is 21.5. The molecule has 1 fully saturated rings. The summed E-state index contributed by atoms with van der Waals surface area (Å²) in [4.78, 5) is 51.3. The molecule has 1 saturated heterocycles. The monoisotopic (exact) mass is 621 g/mol. The van der Waals surface area contributed by atoms with Crippen LogP contribution >= 0.6 is 0 Å². The third-order valence-electron chi connectivity index (χ3n) is 7.58. The molecule has 45 heavy (non-hydrogen) atoms. The van der Waals surface area contributed by atoms with E-state index in [0.29, 0.717) is 23.3 Å². The highest BCUT2D eigenvalue weighted by molar-refractivity contribution is 5.98. The number of aliphatic carboxylic acids is 1. The van der Waals surface area contributed by atoms with Crippen LogP contribution in [-0.4, -0.2) is 59.8 Å². The molecule has 0 spiro atoms. The molecule has 2 aromatic carbocycles. The lowest BCUT2D eigenvalue weighted by molar-refractivity contribution is -0.137. The average Bonchev–Trinajstić information content (AvgIpc) is 3.65. The zero-order chi connectivity index (χ0) is 32.4. The van der Waals surface area contributed by atoms with Crippen LogP contribution in [-0.2, 0) is 32.1 Å². The second kappa shape index (κ2) is 15.6. The molecule has 0 radical (unpaired) electrons. The minimum absolute atomic E-state index is 0.120. The van der Waals surface area contributed by atoms with Gasteiger partial charge in [0.2, 0.25) is 0 Å². The van der Waals surface area contributed by atoms with Gasteiger partial charge < -0.3 is 34.9 Å². The van der Waals surface area contributed by atoms with Crippen molar-refractivity contribution in [1.82, 2.24) is 16.0 Å². The van der Waals surface area contributed by atoms with Crippen LogP contribution in [0.4, 0.5) is 9.59 Å². The predicted octanol–water partition coefficient (Wildman–Crippen LogP) is 5.45. The Morgan fingerprint density at radius 1 is 1.04 bits per heavy atom. The molecule has 3 aromatic rings. The molecule has 3 atom stereocenters. The number of nitrogens with one attached hydrogen (secondary N) is 3. The van der Waals surface area contributed by atoms with Crippen LogP contribution in [0.25, 0.3) is 11.0 Å². The highest BCUT2D eigenvalue weighted by Crippen LogP contribution is 2.38. The van der Waals surface area contributed by atoms with Crippen molar-refractivity contribution in [2.75, 3.05) is 13.1 Å². The Morgan fingerprint density at radius 3 is 2.47 bits per heavy atom. The molecule has 4 rings (SSSR count). The van der Waals surface area contributed by atoms with Crippen molar-refractivity contribution in [3.63, 3.8) is 0 Å². The van der Waals surface area contributed by atoms with Gasteiger partial charge in [0.15, 0.2) is 5.78 Å². The number of amides is 2. The van der Waals surface area contributed by atoms with E-state index in [9.17, 15) is 24.3 Å². The van der Waals surface area contributed by atoms with Gasteiger partial charge in [0.1, 0.15) is 23.6 Å². The summed E-state index contributed by atoms with van der Waals surface area (Å²) in [5.41, 5.74) is 1.30. The molecule has 1 aliphatic rings. The maximum Gasteiger partial charge on any atom is 0.408 e. The second-order valence-electron chi connectivity index (χ2n) is 12.2. The van der Waals surface area contributed by atoms with Crippen LogP contribution in [0.15, 0.2) is 59.0 Å². The maximum atomic E-state index is 14.6. The lowest BCUT2D eigenvalue weighted by Gasteiger charge is -2.29. The number of carboxylic acids is 1. The fraction of sp³-hybridized carbons (Fsp3) is 0.471. The van der Waals surface area contributed by atoms with E-state index in [1.807, 2.05) is 48.5 Å². The van der Waals surface area contributed by atoms with E-state index in [4.69, 9.17) is 13.9 Å². The highest BCUT2D eigenvalue weighted by Gasteiger charge is 2.40. The number of ether oxygens (including phenoxy) is 2. The number of aryl methyl sites for hydroxylation is 1. The van der Waals surface area contributed by atoms with E-state index >= 15 is 0 Å². The number of carbonyl (C=O) groups is 4. The van der Waals surface area contributed by atoms with Crippen molar-refractivity contribution < 1.29 is 38.2 Å². The van der Waals surface area contributed by atoms with E-state index in [1.54, 1.807) is 26.8 Å². The third kappa shape index (κ3) is 9.81. The molecule has 1 aliphatic heterocycles. The van der Waals surface area contributed by atoms with Crippen LogP contribution in [0, 0.1) is 0 Å². The van der Waals surface area contributed by atoms with E-state index in [2.05, 4.69) is 16.0 Å². The van der Waals surface area contributed by atoms with Gasteiger partial charge in [-0.15, -0.1) is 0 Å². The number of alkyl carbamates (subject to hydrolysis) is 2.